The van der Waals surface area contributed by atoms with Crippen LogP contribution in [0.5, 0.6) is 0 Å². The van der Waals surface area contributed by atoms with Gasteiger partial charge in [-0.05, 0) is 113 Å². The van der Waals surface area contributed by atoms with Gasteiger partial charge in [-0.2, -0.15) is 10.2 Å². The zero-order valence-corrected chi connectivity index (χ0v) is 36.4. The van der Waals surface area contributed by atoms with Crippen LogP contribution >= 0.6 is 0 Å². The van der Waals surface area contributed by atoms with Crippen molar-refractivity contribution in [2.75, 3.05) is 39.4 Å². The molecule has 11 heteroatoms. The van der Waals surface area contributed by atoms with Crippen LogP contribution in [0.25, 0.3) is 11.1 Å². The lowest BCUT2D eigenvalue weighted by atomic mass is 9.50. The topological polar surface area (TPSA) is 151 Å². The van der Waals surface area contributed by atoms with Gasteiger partial charge < -0.3 is 20.8 Å². The molecule has 0 bridgehead atoms. The van der Waals surface area contributed by atoms with Crippen molar-refractivity contribution in [2.45, 2.75) is 52.4 Å². The fourth-order valence-corrected chi connectivity index (χ4v) is 11.0. The number of aryl methyl sites for hydroxylation is 2. The van der Waals surface area contributed by atoms with Gasteiger partial charge in [0.15, 0.2) is 17.3 Å². The number of aromatic nitrogens is 4. The summed E-state index contributed by atoms with van der Waals surface area (Å²) in [6, 6.07) is 18.3. The summed E-state index contributed by atoms with van der Waals surface area (Å²) < 4.78 is 3.59. The van der Waals surface area contributed by atoms with Gasteiger partial charge in [-0.25, -0.2) is 0 Å². The number of piperidine rings is 2. The minimum atomic E-state index is -1.42. The standard InChI is InChI=1S/C51H60N6O5/c1-33-43(31-54-56(33)3)39-25-45(37-17-11-21-52-29-37)50(19-23-58,27-41(39)47(60)35-13-7-5-8-14-35)49(62)51(20-24-59)28-42(48(61)36-15-9-6-10-16-36)40(44-32-55-57(4)34(44)2)26-46(51)38-18-12-22-53-30-38/h5-10,13-16,25-28,31-32,37-38,45-46,52-53,58-59H,11-12,17-24,29-30H2,1-4H3. The maximum absolute atomic E-state index is 17.1. The zero-order valence-electron chi connectivity index (χ0n) is 36.4. The molecule has 2 aliphatic carbocycles. The number of aliphatic hydroxyl groups excluding tert-OH is 2. The molecule has 0 spiro atoms. The molecule has 2 aromatic heterocycles. The molecular formula is C51H60N6O5. The predicted octanol–water partition coefficient (Wildman–Crippen LogP) is 6.42. The van der Waals surface area contributed by atoms with E-state index in [1.54, 1.807) is 46.0 Å². The van der Waals surface area contributed by atoms with Gasteiger partial charge >= 0.3 is 0 Å². The Morgan fingerprint density at radius 3 is 1.39 bits per heavy atom. The van der Waals surface area contributed by atoms with Gasteiger partial charge in [0.25, 0.3) is 0 Å². The van der Waals surface area contributed by atoms with E-state index in [1.165, 1.54) is 0 Å². The van der Waals surface area contributed by atoms with E-state index in [9.17, 15) is 10.2 Å². The molecule has 4 aromatic rings. The van der Waals surface area contributed by atoms with Crippen molar-refractivity contribution < 1.29 is 24.6 Å². The summed E-state index contributed by atoms with van der Waals surface area (Å²) in [7, 11) is 3.76. The molecule has 4 aliphatic rings. The number of carbonyl (C=O) groups excluding carboxylic acids is 3. The Morgan fingerprint density at radius 1 is 0.661 bits per heavy atom. The summed E-state index contributed by atoms with van der Waals surface area (Å²) in [5, 5.41) is 39.0. The van der Waals surface area contributed by atoms with E-state index in [-0.39, 0.29) is 55.2 Å². The van der Waals surface area contributed by atoms with Crippen LogP contribution in [0.1, 0.15) is 81.8 Å². The molecule has 0 saturated carbocycles. The number of Topliss-reactive ketones (excluding diaryl/α,β-unsaturated/α-hetero) is 3. The zero-order chi connectivity index (χ0) is 43.6. The SMILES string of the molecule is Cc1c(C2=CC(C3CCCNC3)C(CCO)(C(=O)C3(CCO)C=C(C(=O)c4ccccc4)C(c4cnn(C)c4C)=CC3C3CCCNC3)C=C2C(=O)c2ccccc2)cnn1C. The van der Waals surface area contributed by atoms with Gasteiger partial charge in [0.05, 0.1) is 23.2 Å². The average Bonchev–Trinajstić information content (AvgIpc) is 3.83. The fourth-order valence-electron chi connectivity index (χ4n) is 11.0. The van der Waals surface area contributed by atoms with E-state index in [4.69, 9.17) is 0 Å². The molecule has 2 aromatic carbocycles. The van der Waals surface area contributed by atoms with Crippen molar-refractivity contribution in [1.82, 2.24) is 30.2 Å². The van der Waals surface area contributed by atoms with Crippen LogP contribution in [0.2, 0.25) is 0 Å². The summed E-state index contributed by atoms with van der Waals surface area (Å²) in [5.41, 5.74) is 3.73. The molecule has 4 heterocycles. The summed E-state index contributed by atoms with van der Waals surface area (Å²) in [6.45, 7) is 6.34. The molecule has 0 amide bonds. The molecule has 62 heavy (non-hydrogen) atoms. The normalized spacial score (nSPS) is 26.5. The Morgan fingerprint density at radius 2 is 1.06 bits per heavy atom. The maximum Gasteiger partial charge on any atom is 0.193 e. The lowest BCUT2D eigenvalue weighted by Gasteiger charge is -2.52. The molecule has 11 nitrogen and oxygen atoms in total. The summed E-state index contributed by atoms with van der Waals surface area (Å²) in [6.07, 6.45) is 15.2. The van der Waals surface area contributed by atoms with Gasteiger partial charge in [0.2, 0.25) is 0 Å². The second kappa shape index (κ2) is 18.2. The van der Waals surface area contributed by atoms with Crippen LogP contribution < -0.4 is 10.6 Å². The Kier molecular flexibility index (Phi) is 12.7. The summed E-state index contributed by atoms with van der Waals surface area (Å²) in [5.74, 6) is -1.61. The Balaban J connectivity index is 1.43. The molecular weight excluding hydrogens is 777 g/mol. The Hall–Kier alpha value is -5.33. The van der Waals surface area contributed by atoms with Crippen LogP contribution in [0.3, 0.4) is 0 Å². The largest absolute Gasteiger partial charge is 0.396 e. The lowest BCUT2D eigenvalue weighted by molar-refractivity contribution is -0.142. The third-order valence-electron chi connectivity index (χ3n) is 14.5. The number of carbonyl (C=O) groups is 3. The molecule has 2 fully saturated rings. The van der Waals surface area contributed by atoms with Crippen molar-refractivity contribution in [2.24, 2.45) is 48.6 Å². The van der Waals surface area contributed by atoms with E-state index < -0.39 is 22.7 Å². The van der Waals surface area contributed by atoms with Crippen LogP contribution in [0.15, 0.2) is 109 Å². The monoisotopic (exact) mass is 836 g/mol. The van der Waals surface area contributed by atoms with Gasteiger partial charge in [-0.1, -0.05) is 85.0 Å². The van der Waals surface area contributed by atoms with E-state index in [1.807, 2.05) is 76.5 Å². The van der Waals surface area contributed by atoms with E-state index in [2.05, 4.69) is 33.0 Å². The first-order chi connectivity index (χ1) is 30.0. The van der Waals surface area contributed by atoms with Crippen molar-refractivity contribution in [3.63, 3.8) is 0 Å². The minimum absolute atomic E-state index is 0.0287. The molecule has 2 aliphatic heterocycles. The first-order valence-electron chi connectivity index (χ1n) is 22.3. The highest BCUT2D eigenvalue weighted by molar-refractivity contribution is 6.21. The average molecular weight is 837 g/mol. The molecule has 4 N–H and O–H groups in total. The number of nitrogens with one attached hydrogen (secondary N) is 2. The number of rotatable bonds is 14. The smallest absolute Gasteiger partial charge is 0.193 e. The predicted molar refractivity (Wildman–Crippen MR) is 241 cm³/mol. The minimum Gasteiger partial charge on any atom is -0.396 e. The number of aliphatic hydroxyl groups is 2. The van der Waals surface area contributed by atoms with Crippen LogP contribution in [0, 0.1) is 48.3 Å². The molecule has 6 unspecified atom stereocenters. The number of benzene rings is 2. The van der Waals surface area contributed by atoms with Crippen molar-refractivity contribution in [3.8, 4) is 0 Å². The first kappa shape index (κ1) is 43.3. The Bertz CT molecular complexity index is 2260. The van der Waals surface area contributed by atoms with Crippen LogP contribution in [0.4, 0.5) is 0 Å². The summed E-state index contributed by atoms with van der Waals surface area (Å²) >= 11 is 0. The number of hydrogen-bond acceptors (Lipinski definition) is 9. The second-order valence-electron chi connectivity index (χ2n) is 17.8. The van der Waals surface area contributed by atoms with E-state index in [0.29, 0.717) is 35.4 Å². The molecule has 0 radical (unpaired) electrons. The highest BCUT2D eigenvalue weighted by atomic mass is 16.3. The van der Waals surface area contributed by atoms with E-state index >= 15 is 14.4 Å². The third-order valence-corrected chi connectivity index (χ3v) is 14.5. The maximum atomic E-state index is 17.1. The quantitative estimate of drug-likeness (QED) is 0.106. The van der Waals surface area contributed by atoms with Gasteiger partial charge in [0.1, 0.15) is 0 Å². The number of hydrogen-bond donors (Lipinski definition) is 4. The van der Waals surface area contributed by atoms with Crippen molar-refractivity contribution >= 4 is 28.5 Å². The third kappa shape index (κ3) is 7.74. The number of nitrogens with zero attached hydrogens (tertiary/aromatic N) is 4. The van der Waals surface area contributed by atoms with Crippen LogP contribution in [-0.2, 0) is 18.9 Å². The van der Waals surface area contributed by atoms with Crippen molar-refractivity contribution in [1.29, 1.82) is 0 Å². The second-order valence-corrected chi connectivity index (χ2v) is 17.8. The molecule has 324 valence electrons. The van der Waals surface area contributed by atoms with Crippen molar-refractivity contribution in [3.05, 3.63) is 142 Å². The lowest BCUT2D eigenvalue weighted by Crippen LogP contribution is -2.56. The fraction of sp³-hybridized carbons (Fsp3) is 0.431. The molecule has 8 rings (SSSR count). The first-order valence-corrected chi connectivity index (χ1v) is 22.3. The summed E-state index contributed by atoms with van der Waals surface area (Å²) in [4.78, 5) is 47.2. The number of allylic oxidation sites excluding steroid dienone is 8. The Labute approximate surface area is 364 Å². The molecule has 6 atom stereocenters. The van der Waals surface area contributed by atoms with Gasteiger partial charge in [0, 0.05) is 72.1 Å². The van der Waals surface area contributed by atoms with E-state index in [0.717, 1.165) is 72.4 Å². The highest BCUT2D eigenvalue weighted by Crippen LogP contribution is 2.58. The van der Waals surface area contributed by atoms with Gasteiger partial charge in [-0.15, -0.1) is 0 Å². The van der Waals surface area contributed by atoms with Gasteiger partial charge in [-0.3, -0.25) is 23.7 Å². The highest BCUT2D eigenvalue weighted by Gasteiger charge is 2.59. The molecule has 2 saturated heterocycles. The van der Waals surface area contributed by atoms with Crippen LogP contribution in [-0.4, -0.2) is 86.5 Å². The number of ketones is 3.